The van der Waals surface area contributed by atoms with E-state index in [-0.39, 0.29) is 12.7 Å². The molecular formula is C20H25FN2O. The normalized spacial score (nSPS) is 16.7. The summed E-state index contributed by atoms with van der Waals surface area (Å²) in [5.74, 6) is 0.849. The summed E-state index contributed by atoms with van der Waals surface area (Å²) >= 11 is 0. The number of alkyl halides is 1. The molecule has 0 unspecified atom stereocenters. The van der Waals surface area contributed by atoms with Gasteiger partial charge in [-0.2, -0.15) is 0 Å². The summed E-state index contributed by atoms with van der Waals surface area (Å²) < 4.78 is 18.8. The summed E-state index contributed by atoms with van der Waals surface area (Å²) in [6, 6.07) is 18.4. The first-order valence-corrected chi connectivity index (χ1v) is 8.64. The summed E-state index contributed by atoms with van der Waals surface area (Å²) in [6.07, 6.45) is 0.546. The number of rotatable bonds is 7. The van der Waals surface area contributed by atoms with Crippen LogP contribution in [-0.4, -0.2) is 37.8 Å². The number of hydrogen-bond donors (Lipinski definition) is 1. The maximum atomic E-state index is 13.0. The summed E-state index contributed by atoms with van der Waals surface area (Å²) in [4.78, 5) is 2.37. The Balaban J connectivity index is 1.63. The average Bonchev–Trinajstić information content (AvgIpc) is 2.66. The average molecular weight is 328 g/mol. The van der Waals surface area contributed by atoms with Crippen LogP contribution in [0, 0.1) is 0 Å². The third-order valence-corrected chi connectivity index (χ3v) is 4.49. The second-order valence-corrected chi connectivity index (χ2v) is 6.12. The standard InChI is InChI=1S/C20H25FN2O/c21-11-10-20(23-14-12-22-13-15-23)18-6-8-19(9-7-18)24-16-17-4-2-1-3-5-17/h1-9,20,22H,10-16H2/t20-/m0/s1. The molecule has 24 heavy (non-hydrogen) atoms. The SMILES string of the molecule is FCC[C@@H](c1ccc(OCc2ccccc2)cc1)N1CCNCC1. The van der Waals surface area contributed by atoms with E-state index in [9.17, 15) is 4.39 Å². The highest BCUT2D eigenvalue weighted by atomic mass is 19.1. The van der Waals surface area contributed by atoms with Gasteiger partial charge in [0.25, 0.3) is 0 Å². The van der Waals surface area contributed by atoms with Crippen molar-refractivity contribution in [1.82, 2.24) is 10.2 Å². The van der Waals surface area contributed by atoms with Gasteiger partial charge in [-0.3, -0.25) is 9.29 Å². The fourth-order valence-corrected chi connectivity index (χ4v) is 3.18. The Morgan fingerprint density at radius 1 is 1.00 bits per heavy atom. The third-order valence-electron chi connectivity index (χ3n) is 4.49. The molecular weight excluding hydrogens is 303 g/mol. The molecule has 2 aromatic rings. The first kappa shape index (κ1) is 16.9. The first-order valence-electron chi connectivity index (χ1n) is 8.64. The molecule has 0 radical (unpaired) electrons. The largest absolute Gasteiger partial charge is 0.489 e. The monoisotopic (exact) mass is 328 g/mol. The Morgan fingerprint density at radius 2 is 1.71 bits per heavy atom. The molecule has 128 valence electrons. The van der Waals surface area contributed by atoms with Crippen molar-refractivity contribution in [2.75, 3.05) is 32.9 Å². The van der Waals surface area contributed by atoms with Crippen LogP contribution in [0.3, 0.4) is 0 Å². The Kier molecular flexibility index (Phi) is 6.21. The highest BCUT2D eigenvalue weighted by Crippen LogP contribution is 2.27. The number of halogens is 1. The summed E-state index contributed by atoms with van der Waals surface area (Å²) in [5.41, 5.74) is 2.32. The zero-order chi connectivity index (χ0) is 16.6. The van der Waals surface area contributed by atoms with E-state index in [0.29, 0.717) is 13.0 Å². The van der Waals surface area contributed by atoms with Gasteiger partial charge < -0.3 is 10.1 Å². The number of benzene rings is 2. The maximum Gasteiger partial charge on any atom is 0.119 e. The molecule has 0 aliphatic carbocycles. The van der Waals surface area contributed by atoms with Crippen molar-refractivity contribution in [3.63, 3.8) is 0 Å². The molecule has 2 aromatic carbocycles. The van der Waals surface area contributed by atoms with Gasteiger partial charge in [-0.15, -0.1) is 0 Å². The van der Waals surface area contributed by atoms with Crippen LogP contribution in [0.25, 0.3) is 0 Å². The van der Waals surface area contributed by atoms with Gasteiger partial charge in [0, 0.05) is 32.2 Å². The Bertz CT molecular complexity index is 597. The molecule has 0 spiro atoms. The number of hydrogen-bond acceptors (Lipinski definition) is 3. The highest BCUT2D eigenvalue weighted by molar-refractivity contribution is 5.30. The van der Waals surface area contributed by atoms with Crippen LogP contribution in [0.15, 0.2) is 54.6 Å². The molecule has 1 saturated heterocycles. The van der Waals surface area contributed by atoms with E-state index in [1.807, 2.05) is 30.3 Å². The second-order valence-electron chi connectivity index (χ2n) is 6.12. The van der Waals surface area contributed by atoms with Crippen LogP contribution in [-0.2, 0) is 6.61 Å². The maximum absolute atomic E-state index is 13.0. The zero-order valence-electron chi connectivity index (χ0n) is 14.0. The van der Waals surface area contributed by atoms with Crippen LogP contribution in [0.4, 0.5) is 4.39 Å². The lowest BCUT2D eigenvalue weighted by molar-refractivity contribution is 0.157. The van der Waals surface area contributed by atoms with Gasteiger partial charge in [0.1, 0.15) is 12.4 Å². The smallest absolute Gasteiger partial charge is 0.119 e. The Labute approximate surface area is 143 Å². The van der Waals surface area contributed by atoms with E-state index in [1.165, 1.54) is 5.56 Å². The molecule has 0 amide bonds. The molecule has 3 rings (SSSR count). The molecule has 0 bridgehead atoms. The van der Waals surface area contributed by atoms with Gasteiger partial charge in [0.2, 0.25) is 0 Å². The van der Waals surface area contributed by atoms with Gasteiger partial charge in [-0.05, 0) is 29.7 Å². The van der Waals surface area contributed by atoms with Gasteiger partial charge in [0.15, 0.2) is 0 Å². The molecule has 1 heterocycles. The van der Waals surface area contributed by atoms with Crippen molar-refractivity contribution in [2.24, 2.45) is 0 Å². The van der Waals surface area contributed by atoms with Crippen molar-refractivity contribution >= 4 is 0 Å². The molecule has 1 aliphatic rings. The van der Waals surface area contributed by atoms with Crippen LogP contribution >= 0.6 is 0 Å². The van der Waals surface area contributed by atoms with E-state index in [1.54, 1.807) is 0 Å². The van der Waals surface area contributed by atoms with Gasteiger partial charge in [-0.1, -0.05) is 42.5 Å². The fourth-order valence-electron chi connectivity index (χ4n) is 3.18. The molecule has 1 atom stereocenters. The van der Waals surface area contributed by atoms with Crippen molar-refractivity contribution in [1.29, 1.82) is 0 Å². The number of nitrogens with zero attached hydrogens (tertiary/aromatic N) is 1. The van der Waals surface area contributed by atoms with Crippen molar-refractivity contribution in [3.8, 4) is 5.75 Å². The minimum atomic E-state index is -0.291. The van der Waals surface area contributed by atoms with Crippen molar-refractivity contribution < 1.29 is 9.13 Å². The molecule has 1 aliphatic heterocycles. The van der Waals surface area contributed by atoms with E-state index in [0.717, 1.165) is 37.5 Å². The van der Waals surface area contributed by atoms with Gasteiger partial charge in [0.05, 0.1) is 6.67 Å². The summed E-state index contributed by atoms with van der Waals surface area (Å²) in [5, 5.41) is 3.35. The third kappa shape index (κ3) is 4.56. The van der Waals surface area contributed by atoms with Crippen LogP contribution in [0.5, 0.6) is 5.75 Å². The van der Waals surface area contributed by atoms with Gasteiger partial charge in [-0.25, -0.2) is 0 Å². The molecule has 4 heteroatoms. The number of nitrogens with one attached hydrogen (secondary N) is 1. The zero-order valence-corrected chi connectivity index (χ0v) is 14.0. The summed E-state index contributed by atoms with van der Waals surface area (Å²) in [6.45, 7) is 4.16. The summed E-state index contributed by atoms with van der Waals surface area (Å²) in [7, 11) is 0. The first-order chi connectivity index (χ1) is 11.9. The Hall–Kier alpha value is -1.91. The topological polar surface area (TPSA) is 24.5 Å². The van der Waals surface area contributed by atoms with Crippen molar-refractivity contribution in [2.45, 2.75) is 19.1 Å². The lowest BCUT2D eigenvalue weighted by atomic mass is 10.0. The van der Waals surface area contributed by atoms with E-state index in [4.69, 9.17) is 4.74 Å². The van der Waals surface area contributed by atoms with Gasteiger partial charge >= 0.3 is 0 Å². The van der Waals surface area contributed by atoms with E-state index < -0.39 is 0 Å². The predicted molar refractivity (Wildman–Crippen MR) is 95.0 cm³/mol. The fraction of sp³-hybridized carbons (Fsp3) is 0.400. The number of piperazine rings is 1. The Morgan fingerprint density at radius 3 is 2.38 bits per heavy atom. The lowest BCUT2D eigenvalue weighted by Gasteiger charge is -2.35. The molecule has 1 fully saturated rings. The molecule has 0 saturated carbocycles. The van der Waals surface area contributed by atoms with E-state index >= 15 is 0 Å². The number of ether oxygens (including phenoxy) is 1. The quantitative estimate of drug-likeness (QED) is 0.841. The van der Waals surface area contributed by atoms with Crippen molar-refractivity contribution in [3.05, 3.63) is 65.7 Å². The van der Waals surface area contributed by atoms with E-state index in [2.05, 4.69) is 34.5 Å². The van der Waals surface area contributed by atoms with Crippen LogP contribution in [0.1, 0.15) is 23.6 Å². The molecule has 0 aromatic heterocycles. The minimum Gasteiger partial charge on any atom is -0.489 e. The van der Waals surface area contributed by atoms with Crippen LogP contribution < -0.4 is 10.1 Å². The highest BCUT2D eigenvalue weighted by Gasteiger charge is 2.21. The predicted octanol–water partition coefficient (Wildman–Crippen LogP) is 3.57. The molecule has 1 N–H and O–H groups in total. The minimum absolute atomic E-state index is 0.153. The lowest BCUT2D eigenvalue weighted by Crippen LogP contribution is -2.45. The second kappa shape index (κ2) is 8.81. The van der Waals surface area contributed by atoms with Crippen LogP contribution in [0.2, 0.25) is 0 Å². The molecule has 3 nitrogen and oxygen atoms in total.